The Bertz CT molecular complexity index is 370. The van der Waals surface area contributed by atoms with Gasteiger partial charge in [-0.15, -0.1) is 0 Å². The summed E-state index contributed by atoms with van der Waals surface area (Å²) in [6, 6.07) is -0.954. The van der Waals surface area contributed by atoms with Gasteiger partial charge in [0.05, 0.1) is 31.6 Å². The second kappa shape index (κ2) is 4.42. The molecule has 0 spiro atoms. The van der Waals surface area contributed by atoms with Crippen molar-refractivity contribution in [2.45, 2.75) is 18.5 Å². The normalized spacial score (nSPS) is 33.2. The molecule has 0 aromatic carbocycles. The van der Waals surface area contributed by atoms with Crippen LogP contribution < -0.4 is 5.32 Å². The van der Waals surface area contributed by atoms with Crippen LogP contribution in [-0.2, 0) is 19.1 Å². The molecular formula is C10H14N2O5. The molecule has 0 saturated carbocycles. The number of aliphatic carboxylic acids is 1. The summed E-state index contributed by atoms with van der Waals surface area (Å²) in [5, 5.41) is 11.2. The Kier molecular flexibility index (Phi) is 3.12. The molecule has 2 rings (SSSR count). The van der Waals surface area contributed by atoms with Crippen LogP contribution in [0.15, 0.2) is 0 Å². The number of rotatable bonds is 3. The molecule has 0 aromatic heterocycles. The SMILES string of the molecule is CN(C1CC(=O)NC1=O)C1COCC1C(=O)O. The van der Waals surface area contributed by atoms with Gasteiger partial charge in [-0.1, -0.05) is 0 Å². The van der Waals surface area contributed by atoms with E-state index in [2.05, 4.69) is 5.32 Å². The van der Waals surface area contributed by atoms with Crippen LogP contribution in [0.5, 0.6) is 0 Å². The quantitative estimate of drug-likeness (QED) is 0.581. The predicted octanol–water partition coefficient (Wildman–Crippen LogP) is -1.57. The molecule has 2 N–H and O–H groups in total. The van der Waals surface area contributed by atoms with Crippen molar-refractivity contribution in [3.63, 3.8) is 0 Å². The number of carboxylic acids is 1. The summed E-state index contributed by atoms with van der Waals surface area (Å²) < 4.78 is 5.13. The summed E-state index contributed by atoms with van der Waals surface area (Å²) in [5.74, 6) is -2.28. The number of carbonyl (C=O) groups is 3. The first-order valence-corrected chi connectivity index (χ1v) is 5.37. The Hall–Kier alpha value is -1.47. The van der Waals surface area contributed by atoms with Gasteiger partial charge in [0, 0.05) is 6.04 Å². The first-order valence-electron chi connectivity index (χ1n) is 5.37. The van der Waals surface area contributed by atoms with Crippen LogP contribution in [0.1, 0.15) is 6.42 Å². The van der Waals surface area contributed by atoms with E-state index in [-0.39, 0.29) is 37.5 Å². The summed E-state index contributed by atoms with van der Waals surface area (Å²) in [6.45, 7) is 0.415. The molecule has 2 aliphatic rings. The van der Waals surface area contributed by atoms with E-state index in [0.717, 1.165) is 0 Å². The number of likely N-dealkylation sites (N-methyl/N-ethyl adjacent to an activating group) is 1. The fourth-order valence-electron chi connectivity index (χ4n) is 2.28. The number of nitrogens with zero attached hydrogens (tertiary/aromatic N) is 1. The third kappa shape index (κ3) is 2.16. The van der Waals surface area contributed by atoms with Gasteiger partial charge >= 0.3 is 5.97 Å². The number of carboxylic acid groups (broad SMARTS) is 1. The molecule has 17 heavy (non-hydrogen) atoms. The number of ether oxygens (including phenoxy) is 1. The van der Waals surface area contributed by atoms with E-state index in [9.17, 15) is 14.4 Å². The average molecular weight is 242 g/mol. The molecule has 2 fully saturated rings. The lowest BCUT2D eigenvalue weighted by Gasteiger charge is -2.29. The van der Waals surface area contributed by atoms with Gasteiger partial charge in [0.25, 0.3) is 0 Å². The zero-order valence-electron chi connectivity index (χ0n) is 9.38. The number of amides is 2. The highest BCUT2D eigenvalue weighted by molar-refractivity contribution is 6.05. The van der Waals surface area contributed by atoms with Crippen LogP contribution in [0.25, 0.3) is 0 Å². The van der Waals surface area contributed by atoms with Crippen molar-refractivity contribution in [1.29, 1.82) is 0 Å². The van der Waals surface area contributed by atoms with E-state index in [1.165, 1.54) is 0 Å². The summed E-state index contributed by atoms with van der Waals surface area (Å²) in [4.78, 5) is 35.2. The van der Waals surface area contributed by atoms with Gasteiger partial charge < -0.3 is 9.84 Å². The number of carbonyl (C=O) groups excluding carboxylic acids is 2. The van der Waals surface area contributed by atoms with Crippen molar-refractivity contribution in [2.75, 3.05) is 20.3 Å². The molecule has 0 aliphatic carbocycles. The van der Waals surface area contributed by atoms with Crippen LogP contribution in [0, 0.1) is 5.92 Å². The smallest absolute Gasteiger partial charge is 0.310 e. The third-order valence-electron chi connectivity index (χ3n) is 3.33. The van der Waals surface area contributed by atoms with Crippen molar-refractivity contribution in [3.8, 4) is 0 Å². The summed E-state index contributed by atoms with van der Waals surface area (Å²) in [6.07, 6.45) is 0.0815. The molecular weight excluding hydrogens is 228 g/mol. The van der Waals surface area contributed by atoms with Gasteiger partial charge in [0.2, 0.25) is 11.8 Å². The van der Waals surface area contributed by atoms with Crippen LogP contribution in [0.3, 0.4) is 0 Å². The van der Waals surface area contributed by atoms with Crippen LogP contribution in [-0.4, -0.2) is 60.1 Å². The van der Waals surface area contributed by atoms with E-state index in [4.69, 9.17) is 9.84 Å². The second-order valence-corrected chi connectivity index (χ2v) is 4.35. The summed E-state index contributed by atoms with van der Waals surface area (Å²) >= 11 is 0. The van der Waals surface area contributed by atoms with Crippen LogP contribution >= 0.6 is 0 Å². The zero-order valence-corrected chi connectivity index (χ0v) is 9.38. The van der Waals surface area contributed by atoms with E-state index >= 15 is 0 Å². The van der Waals surface area contributed by atoms with E-state index in [1.54, 1.807) is 11.9 Å². The lowest BCUT2D eigenvalue weighted by atomic mass is 10.0. The maximum absolute atomic E-state index is 11.5. The third-order valence-corrected chi connectivity index (χ3v) is 3.33. The highest BCUT2D eigenvalue weighted by Gasteiger charge is 2.43. The number of hydrogen-bond donors (Lipinski definition) is 2. The fourth-order valence-corrected chi connectivity index (χ4v) is 2.28. The molecule has 0 radical (unpaired) electrons. The van der Waals surface area contributed by atoms with Gasteiger partial charge in [-0.3, -0.25) is 24.6 Å². The predicted molar refractivity (Wildman–Crippen MR) is 55.1 cm³/mol. The molecule has 2 saturated heterocycles. The topological polar surface area (TPSA) is 95.9 Å². The van der Waals surface area contributed by atoms with Gasteiger partial charge in [0.15, 0.2) is 0 Å². The van der Waals surface area contributed by atoms with Crippen LogP contribution in [0.4, 0.5) is 0 Å². The monoisotopic (exact) mass is 242 g/mol. The molecule has 7 heteroatoms. The molecule has 0 aromatic rings. The second-order valence-electron chi connectivity index (χ2n) is 4.35. The minimum absolute atomic E-state index is 0.0815. The molecule has 3 unspecified atom stereocenters. The van der Waals surface area contributed by atoms with E-state index in [0.29, 0.717) is 0 Å². The van der Waals surface area contributed by atoms with Gasteiger partial charge in [-0.2, -0.15) is 0 Å². The maximum atomic E-state index is 11.5. The Morgan fingerprint density at radius 1 is 1.47 bits per heavy atom. The first kappa shape index (κ1) is 12.0. The van der Waals surface area contributed by atoms with Crippen molar-refractivity contribution in [2.24, 2.45) is 5.92 Å². The average Bonchev–Trinajstić information content (AvgIpc) is 2.83. The molecule has 2 heterocycles. The van der Waals surface area contributed by atoms with Crippen molar-refractivity contribution < 1.29 is 24.2 Å². The fraction of sp³-hybridized carbons (Fsp3) is 0.700. The molecule has 2 aliphatic heterocycles. The standard InChI is InChI=1S/C10H14N2O5/c1-12(6-2-8(13)11-9(6)14)7-4-17-3-5(7)10(15)16/h5-7H,2-4H2,1H3,(H,15,16)(H,11,13,14). The summed E-state index contributed by atoms with van der Waals surface area (Å²) in [5.41, 5.74) is 0. The number of nitrogens with one attached hydrogen (secondary N) is 1. The minimum atomic E-state index is -0.941. The Balaban J connectivity index is 2.09. The van der Waals surface area contributed by atoms with Crippen molar-refractivity contribution >= 4 is 17.8 Å². The maximum Gasteiger partial charge on any atom is 0.310 e. The van der Waals surface area contributed by atoms with Gasteiger partial charge in [0.1, 0.15) is 0 Å². The Labute approximate surface area is 97.7 Å². The highest BCUT2D eigenvalue weighted by atomic mass is 16.5. The highest BCUT2D eigenvalue weighted by Crippen LogP contribution is 2.23. The van der Waals surface area contributed by atoms with Crippen molar-refractivity contribution in [1.82, 2.24) is 10.2 Å². The lowest BCUT2D eigenvalue weighted by Crippen LogP contribution is -2.48. The van der Waals surface area contributed by atoms with Crippen molar-refractivity contribution in [3.05, 3.63) is 0 Å². The molecule has 7 nitrogen and oxygen atoms in total. The molecule has 3 atom stereocenters. The lowest BCUT2D eigenvalue weighted by molar-refractivity contribution is -0.144. The Morgan fingerprint density at radius 3 is 2.71 bits per heavy atom. The molecule has 0 bridgehead atoms. The van der Waals surface area contributed by atoms with E-state index in [1.807, 2.05) is 0 Å². The minimum Gasteiger partial charge on any atom is -0.481 e. The summed E-state index contributed by atoms with van der Waals surface area (Å²) in [7, 11) is 1.65. The molecule has 94 valence electrons. The largest absolute Gasteiger partial charge is 0.481 e. The van der Waals surface area contributed by atoms with Gasteiger partial charge in [-0.05, 0) is 7.05 Å². The van der Waals surface area contributed by atoms with Crippen LogP contribution in [0.2, 0.25) is 0 Å². The van der Waals surface area contributed by atoms with E-state index < -0.39 is 17.9 Å². The molecule has 2 amide bonds. The van der Waals surface area contributed by atoms with Gasteiger partial charge in [-0.25, -0.2) is 0 Å². The first-order chi connectivity index (χ1) is 8.00. The number of hydrogen-bond acceptors (Lipinski definition) is 5. The zero-order chi connectivity index (χ0) is 12.6. The Morgan fingerprint density at radius 2 is 2.18 bits per heavy atom. The number of imide groups is 1.